The van der Waals surface area contributed by atoms with Gasteiger partial charge in [0.05, 0.1) is 0 Å². The smallest absolute Gasteiger partial charge is 0.166 e. The number of ketones is 1. The molecule has 1 saturated heterocycles. The van der Waals surface area contributed by atoms with Crippen LogP contribution in [0.1, 0.15) is 28.8 Å². The number of piperidine rings is 1. The number of carbonyl (C=O) groups excluding carboxylic acids is 1. The first kappa shape index (κ1) is 19.4. The second-order valence-electron chi connectivity index (χ2n) is 7.51. The largest absolute Gasteiger partial charge is 0.299 e. The summed E-state index contributed by atoms with van der Waals surface area (Å²) in [5, 5.41) is 0. The highest BCUT2D eigenvalue weighted by atomic mass is 19.1. The van der Waals surface area contributed by atoms with E-state index in [1.54, 1.807) is 30.5 Å². The number of hydrogen-bond acceptors (Lipinski definition) is 3. The molecule has 0 unspecified atom stereocenters. The number of carbonyl (C=O) groups is 1. The molecule has 0 N–H and O–H groups in total. The fourth-order valence-corrected chi connectivity index (χ4v) is 3.84. The Balaban J connectivity index is 1.36. The number of aromatic nitrogens is 1. The number of pyridine rings is 1. The molecule has 1 aromatic heterocycles. The first-order valence-corrected chi connectivity index (χ1v) is 9.80. The molecule has 0 amide bonds. The van der Waals surface area contributed by atoms with E-state index in [1.807, 2.05) is 6.20 Å². The van der Waals surface area contributed by atoms with Crippen molar-refractivity contribution in [2.75, 3.05) is 13.1 Å². The van der Waals surface area contributed by atoms with Crippen molar-refractivity contribution in [2.24, 2.45) is 5.92 Å². The minimum atomic E-state index is -0.326. The molecule has 1 aliphatic heterocycles. The molecule has 2 heterocycles. The third-order valence-electron chi connectivity index (χ3n) is 5.47. The average Bonchev–Trinajstić information content (AvgIpc) is 2.75. The minimum Gasteiger partial charge on any atom is -0.299 e. The summed E-state index contributed by atoms with van der Waals surface area (Å²) < 4.78 is 26.2. The van der Waals surface area contributed by atoms with Gasteiger partial charge in [-0.1, -0.05) is 12.1 Å². The lowest BCUT2D eigenvalue weighted by Crippen LogP contribution is -2.36. The summed E-state index contributed by atoms with van der Waals surface area (Å²) in [6.07, 6.45) is 5.22. The first-order chi connectivity index (χ1) is 14.1. The molecule has 148 valence electrons. The number of halogens is 2. The average molecular weight is 392 g/mol. The topological polar surface area (TPSA) is 33.2 Å². The zero-order valence-corrected chi connectivity index (χ0v) is 16.0. The molecular weight excluding hydrogens is 370 g/mol. The van der Waals surface area contributed by atoms with Crippen molar-refractivity contribution in [1.29, 1.82) is 0 Å². The maximum atomic E-state index is 13.1. The van der Waals surface area contributed by atoms with Gasteiger partial charge in [-0.05, 0) is 79.5 Å². The molecule has 0 bridgehead atoms. The van der Waals surface area contributed by atoms with Crippen LogP contribution in [0.5, 0.6) is 0 Å². The van der Waals surface area contributed by atoms with Gasteiger partial charge in [-0.2, -0.15) is 0 Å². The number of likely N-dealkylation sites (tertiary alicyclic amines) is 1. The van der Waals surface area contributed by atoms with E-state index in [2.05, 4.69) is 16.0 Å². The van der Waals surface area contributed by atoms with E-state index in [0.717, 1.165) is 49.2 Å². The fraction of sp³-hybridized carbons (Fsp3) is 0.250. The van der Waals surface area contributed by atoms with Crippen LogP contribution in [0.15, 0.2) is 67.0 Å². The number of benzene rings is 2. The second-order valence-corrected chi connectivity index (χ2v) is 7.51. The summed E-state index contributed by atoms with van der Waals surface area (Å²) in [5.74, 6) is -0.492. The molecule has 0 saturated carbocycles. The van der Waals surface area contributed by atoms with Gasteiger partial charge in [-0.3, -0.25) is 14.7 Å². The van der Waals surface area contributed by atoms with Crippen molar-refractivity contribution < 1.29 is 13.6 Å². The van der Waals surface area contributed by atoms with Gasteiger partial charge >= 0.3 is 0 Å². The summed E-state index contributed by atoms with van der Waals surface area (Å²) in [4.78, 5) is 19.3. The summed E-state index contributed by atoms with van der Waals surface area (Å²) in [6.45, 7) is 2.43. The maximum absolute atomic E-state index is 13.1. The summed E-state index contributed by atoms with van der Waals surface area (Å²) in [7, 11) is 0. The molecule has 2 aromatic carbocycles. The van der Waals surface area contributed by atoms with Crippen molar-refractivity contribution >= 4 is 5.78 Å². The molecule has 3 nitrogen and oxygen atoms in total. The van der Waals surface area contributed by atoms with Crippen LogP contribution < -0.4 is 0 Å². The lowest BCUT2D eigenvalue weighted by molar-refractivity contribution is 0.0834. The Morgan fingerprint density at radius 3 is 2.17 bits per heavy atom. The highest BCUT2D eigenvalue weighted by Gasteiger charge is 2.25. The van der Waals surface area contributed by atoms with Gasteiger partial charge in [0.25, 0.3) is 0 Å². The molecule has 1 fully saturated rings. The molecule has 3 aromatic rings. The van der Waals surface area contributed by atoms with Crippen LogP contribution in [0.4, 0.5) is 8.78 Å². The molecular formula is C24H22F2N2O. The van der Waals surface area contributed by atoms with Gasteiger partial charge in [-0.25, -0.2) is 8.78 Å². The summed E-state index contributed by atoms with van der Waals surface area (Å²) in [6, 6.07) is 14.3. The van der Waals surface area contributed by atoms with Crippen LogP contribution in [-0.4, -0.2) is 28.8 Å². The van der Waals surface area contributed by atoms with E-state index in [4.69, 9.17) is 0 Å². The van der Waals surface area contributed by atoms with Crippen molar-refractivity contribution in [3.05, 3.63) is 89.8 Å². The van der Waals surface area contributed by atoms with Gasteiger partial charge in [0, 0.05) is 36.0 Å². The molecule has 0 aliphatic carbocycles. The quantitative estimate of drug-likeness (QED) is 0.565. The highest BCUT2D eigenvalue weighted by molar-refractivity contribution is 5.97. The summed E-state index contributed by atoms with van der Waals surface area (Å²) in [5.41, 5.74) is 3.57. The molecule has 5 heteroatoms. The van der Waals surface area contributed by atoms with Crippen LogP contribution in [0, 0.1) is 17.6 Å². The first-order valence-electron chi connectivity index (χ1n) is 9.80. The molecule has 0 radical (unpaired) electrons. The van der Waals surface area contributed by atoms with E-state index >= 15 is 0 Å². The Morgan fingerprint density at radius 1 is 0.897 bits per heavy atom. The van der Waals surface area contributed by atoms with Gasteiger partial charge in [-0.15, -0.1) is 0 Å². The van der Waals surface area contributed by atoms with E-state index in [1.165, 1.54) is 24.3 Å². The summed E-state index contributed by atoms with van der Waals surface area (Å²) >= 11 is 0. The van der Waals surface area contributed by atoms with Crippen LogP contribution in [0.3, 0.4) is 0 Å². The van der Waals surface area contributed by atoms with E-state index in [9.17, 15) is 13.6 Å². The van der Waals surface area contributed by atoms with Gasteiger partial charge < -0.3 is 0 Å². The molecule has 1 aliphatic rings. The SMILES string of the molecule is O=C(c1ccc(F)cc1)C1CCN(Cc2cncc(-c3ccc(F)cc3)c2)CC1. The zero-order chi connectivity index (χ0) is 20.2. The number of hydrogen-bond donors (Lipinski definition) is 0. The van der Waals surface area contributed by atoms with Crippen molar-refractivity contribution in [1.82, 2.24) is 9.88 Å². The second kappa shape index (κ2) is 8.62. The van der Waals surface area contributed by atoms with Gasteiger partial charge in [0.1, 0.15) is 11.6 Å². The number of nitrogens with zero attached hydrogens (tertiary/aromatic N) is 2. The third-order valence-corrected chi connectivity index (χ3v) is 5.47. The van der Waals surface area contributed by atoms with Gasteiger partial charge in [0.2, 0.25) is 0 Å². The molecule has 29 heavy (non-hydrogen) atoms. The Hall–Kier alpha value is -2.92. The molecule has 4 rings (SSSR count). The Labute approximate surface area is 169 Å². The third kappa shape index (κ3) is 4.74. The molecule has 0 atom stereocenters. The lowest BCUT2D eigenvalue weighted by atomic mass is 9.88. The van der Waals surface area contributed by atoms with Crippen LogP contribution >= 0.6 is 0 Å². The van der Waals surface area contributed by atoms with Crippen molar-refractivity contribution in [3.63, 3.8) is 0 Å². The lowest BCUT2D eigenvalue weighted by Gasteiger charge is -2.31. The molecule has 0 spiro atoms. The van der Waals surface area contributed by atoms with Gasteiger partial charge in [0.15, 0.2) is 5.78 Å². The minimum absolute atomic E-state index is 0.0135. The van der Waals surface area contributed by atoms with Crippen LogP contribution in [0.25, 0.3) is 11.1 Å². The predicted octanol–water partition coefficient (Wildman–Crippen LogP) is 5.12. The van der Waals surface area contributed by atoms with E-state index in [-0.39, 0.29) is 23.3 Å². The zero-order valence-electron chi connectivity index (χ0n) is 16.0. The van der Waals surface area contributed by atoms with Crippen molar-refractivity contribution in [3.8, 4) is 11.1 Å². The monoisotopic (exact) mass is 392 g/mol. The predicted molar refractivity (Wildman–Crippen MR) is 108 cm³/mol. The standard InChI is InChI=1S/C24H22F2N2O/c25-22-5-1-18(2-6-22)21-13-17(14-27-15-21)16-28-11-9-20(10-12-28)24(29)19-3-7-23(26)8-4-19/h1-8,13-15,20H,9-12,16H2. The highest BCUT2D eigenvalue weighted by Crippen LogP contribution is 2.25. The van der Waals surface area contributed by atoms with Crippen LogP contribution in [-0.2, 0) is 6.54 Å². The van der Waals surface area contributed by atoms with Crippen molar-refractivity contribution in [2.45, 2.75) is 19.4 Å². The van der Waals surface area contributed by atoms with E-state index in [0.29, 0.717) is 5.56 Å². The van der Waals surface area contributed by atoms with E-state index < -0.39 is 0 Å². The Morgan fingerprint density at radius 2 is 1.52 bits per heavy atom. The normalized spacial score (nSPS) is 15.4. The number of rotatable bonds is 5. The maximum Gasteiger partial charge on any atom is 0.166 e. The fourth-order valence-electron chi connectivity index (χ4n) is 3.84. The Bertz CT molecular complexity index is 979. The Kier molecular flexibility index (Phi) is 5.76. The van der Waals surface area contributed by atoms with Crippen LogP contribution in [0.2, 0.25) is 0 Å². The number of Topliss-reactive ketones (excluding diaryl/α,β-unsaturated/α-hetero) is 1.